The van der Waals surface area contributed by atoms with Crippen molar-refractivity contribution in [2.75, 3.05) is 20.1 Å². The average molecular weight is 415 g/mol. The van der Waals surface area contributed by atoms with E-state index in [1.807, 2.05) is 19.9 Å². The van der Waals surface area contributed by atoms with Gasteiger partial charge in [-0.1, -0.05) is 28.9 Å². The molecule has 1 unspecified atom stereocenters. The molecule has 1 amide bonds. The van der Waals surface area contributed by atoms with E-state index in [-0.39, 0.29) is 17.8 Å². The van der Waals surface area contributed by atoms with Gasteiger partial charge >= 0.3 is 0 Å². The maximum atomic E-state index is 13.7. The first-order chi connectivity index (χ1) is 12.0. The normalized spacial score (nSPS) is 12.6. The predicted octanol–water partition coefficient (Wildman–Crippen LogP) is 2.99. The van der Waals surface area contributed by atoms with Crippen molar-refractivity contribution in [3.05, 3.63) is 34.1 Å². The van der Waals surface area contributed by atoms with E-state index in [4.69, 9.17) is 0 Å². The minimum Gasteiger partial charge on any atom is -0.356 e. The van der Waals surface area contributed by atoms with E-state index in [0.29, 0.717) is 37.5 Å². The first-order valence-corrected chi connectivity index (χ1v) is 9.43. The van der Waals surface area contributed by atoms with Crippen molar-refractivity contribution in [3.8, 4) is 0 Å². The monoisotopic (exact) mass is 414 g/mol. The highest BCUT2D eigenvalue weighted by Gasteiger charge is 2.06. The number of carbonyl (C=O) groups is 1. The molecule has 7 heteroatoms. The maximum absolute atomic E-state index is 13.7. The second-order valence-corrected chi connectivity index (χ2v) is 6.81. The van der Waals surface area contributed by atoms with Gasteiger partial charge in [-0.05, 0) is 43.9 Å². The number of carbonyl (C=O) groups excluding carboxylic acids is 1. The SMILES string of the molecule is CCC(C)NC(=O)CCNC(=NC)NCCCc1ccc(Br)cc1F. The molecule has 0 spiro atoms. The lowest BCUT2D eigenvalue weighted by atomic mass is 10.1. The molecule has 1 atom stereocenters. The van der Waals surface area contributed by atoms with Gasteiger partial charge in [0.25, 0.3) is 0 Å². The van der Waals surface area contributed by atoms with Crippen LogP contribution in [0.1, 0.15) is 38.7 Å². The number of rotatable bonds is 9. The van der Waals surface area contributed by atoms with E-state index in [2.05, 4.69) is 36.9 Å². The van der Waals surface area contributed by atoms with Crippen LogP contribution in [-0.2, 0) is 11.2 Å². The van der Waals surface area contributed by atoms with Crippen LogP contribution >= 0.6 is 15.9 Å². The third-order valence-electron chi connectivity index (χ3n) is 3.82. The van der Waals surface area contributed by atoms with E-state index >= 15 is 0 Å². The number of hydrogen-bond donors (Lipinski definition) is 3. The summed E-state index contributed by atoms with van der Waals surface area (Å²) in [6.45, 7) is 5.21. The van der Waals surface area contributed by atoms with Gasteiger partial charge in [-0.2, -0.15) is 0 Å². The summed E-state index contributed by atoms with van der Waals surface area (Å²) in [6, 6.07) is 5.32. The predicted molar refractivity (Wildman–Crippen MR) is 104 cm³/mol. The van der Waals surface area contributed by atoms with Gasteiger partial charge in [-0.3, -0.25) is 9.79 Å². The maximum Gasteiger partial charge on any atom is 0.221 e. The van der Waals surface area contributed by atoms with Gasteiger partial charge in [-0.15, -0.1) is 0 Å². The number of guanidine groups is 1. The molecule has 0 aromatic heterocycles. The molecule has 1 aromatic carbocycles. The fourth-order valence-electron chi connectivity index (χ4n) is 2.17. The fraction of sp³-hybridized carbons (Fsp3) is 0.556. The second-order valence-electron chi connectivity index (χ2n) is 5.89. The molecular weight excluding hydrogens is 387 g/mol. The Kier molecular flexibility index (Phi) is 10.1. The van der Waals surface area contributed by atoms with Crippen LogP contribution in [0.3, 0.4) is 0 Å². The zero-order valence-corrected chi connectivity index (χ0v) is 16.7. The van der Waals surface area contributed by atoms with Gasteiger partial charge in [0.1, 0.15) is 5.82 Å². The molecule has 1 aromatic rings. The lowest BCUT2D eigenvalue weighted by molar-refractivity contribution is -0.121. The standard InChI is InChI=1S/C18H28BrFN4O/c1-4-13(2)24-17(25)9-11-23-18(21-3)22-10-5-6-14-7-8-15(19)12-16(14)20/h7-8,12-13H,4-6,9-11H2,1-3H3,(H,24,25)(H2,21,22,23). The van der Waals surface area contributed by atoms with Crippen molar-refractivity contribution in [1.29, 1.82) is 0 Å². The quantitative estimate of drug-likeness (QED) is 0.330. The van der Waals surface area contributed by atoms with Crippen molar-refractivity contribution < 1.29 is 9.18 Å². The fourth-order valence-corrected chi connectivity index (χ4v) is 2.51. The highest BCUT2D eigenvalue weighted by molar-refractivity contribution is 9.10. The van der Waals surface area contributed by atoms with E-state index in [1.54, 1.807) is 13.1 Å². The molecule has 0 radical (unpaired) electrons. The molecule has 3 N–H and O–H groups in total. The average Bonchev–Trinajstić information content (AvgIpc) is 2.58. The van der Waals surface area contributed by atoms with Crippen LogP contribution < -0.4 is 16.0 Å². The Hall–Kier alpha value is -1.63. The molecule has 0 fully saturated rings. The summed E-state index contributed by atoms with van der Waals surface area (Å²) >= 11 is 3.25. The minimum absolute atomic E-state index is 0.0306. The van der Waals surface area contributed by atoms with E-state index in [1.165, 1.54) is 6.07 Å². The van der Waals surface area contributed by atoms with Gasteiger partial charge in [-0.25, -0.2) is 4.39 Å². The summed E-state index contributed by atoms with van der Waals surface area (Å²) in [5.74, 6) is 0.486. The highest BCUT2D eigenvalue weighted by Crippen LogP contribution is 2.16. The molecule has 0 aliphatic heterocycles. The van der Waals surface area contributed by atoms with Crippen LogP contribution in [0.15, 0.2) is 27.7 Å². The van der Waals surface area contributed by atoms with Crippen LogP contribution in [0, 0.1) is 5.82 Å². The van der Waals surface area contributed by atoms with E-state index in [9.17, 15) is 9.18 Å². The Balaban J connectivity index is 2.23. The summed E-state index contributed by atoms with van der Waals surface area (Å²) in [5, 5.41) is 9.20. The number of hydrogen-bond acceptors (Lipinski definition) is 2. The van der Waals surface area contributed by atoms with Gasteiger partial charge in [0.05, 0.1) is 0 Å². The van der Waals surface area contributed by atoms with Crippen molar-refractivity contribution in [2.45, 2.75) is 45.6 Å². The number of nitrogens with one attached hydrogen (secondary N) is 3. The number of halogens is 2. The molecule has 0 aliphatic carbocycles. The zero-order valence-electron chi connectivity index (χ0n) is 15.2. The Labute approximate surface area is 158 Å². The zero-order chi connectivity index (χ0) is 18.7. The summed E-state index contributed by atoms with van der Waals surface area (Å²) in [6.07, 6.45) is 2.75. The highest BCUT2D eigenvalue weighted by atomic mass is 79.9. The number of aliphatic imine (C=N–C) groups is 1. The molecule has 0 aliphatic rings. The van der Waals surface area contributed by atoms with Crippen LogP contribution in [0.2, 0.25) is 0 Å². The molecule has 1 rings (SSSR count). The molecular formula is C18H28BrFN4O. The molecule has 25 heavy (non-hydrogen) atoms. The van der Waals surface area contributed by atoms with Gasteiger partial charge in [0.2, 0.25) is 5.91 Å². The summed E-state index contributed by atoms with van der Waals surface area (Å²) < 4.78 is 14.5. The Morgan fingerprint density at radius 1 is 1.32 bits per heavy atom. The number of benzene rings is 1. The van der Waals surface area contributed by atoms with Gasteiger partial charge < -0.3 is 16.0 Å². The Bertz CT molecular complexity index is 580. The topological polar surface area (TPSA) is 65.5 Å². The van der Waals surface area contributed by atoms with Crippen molar-refractivity contribution >= 4 is 27.8 Å². The smallest absolute Gasteiger partial charge is 0.221 e. The minimum atomic E-state index is -0.191. The lowest BCUT2D eigenvalue weighted by Crippen LogP contribution is -2.40. The molecule has 140 valence electrons. The van der Waals surface area contributed by atoms with Gasteiger partial charge in [0, 0.05) is 37.1 Å². The first-order valence-electron chi connectivity index (χ1n) is 8.64. The van der Waals surface area contributed by atoms with E-state index < -0.39 is 0 Å². The Morgan fingerprint density at radius 2 is 2.04 bits per heavy atom. The lowest BCUT2D eigenvalue weighted by Gasteiger charge is -2.14. The van der Waals surface area contributed by atoms with Crippen LogP contribution in [0.25, 0.3) is 0 Å². The van der Waals surface area contributed by atoms with Crippen LogP contribution in [0.4, 0.5) is 4.39 Å². The van der Waals surface area contributed by atoms with Crippen LogP contribution in [0.5, 0.6) is 0 Å². The Morgan fingerprint density at radius 3 is 2.68 bits per heavy atom. The summed E-state index contributed by atoms with van der Waals surface area (Å²) in [4.78, 5) is 15.8. The number of aryl methyl sites for hydroxylation is 1. The van der Waals surface area contributed by atoms with Crippen molar-refractivity contribution in [2.24, 2.45) is 4.99 Å². The largest absolute Gasteiger partial charge is 0.356 e. The molecule has 0 heterocycles. The third kappa shape index (κ3) is 8.86. The van der Waals surface area contributed by atoms with Gasteiger partial charge in [0.15, 0.2) is 5.96 Å². The van der Waals surface area contributed by atoms with Crippen molar-refractivity contribution in [3.63, 3.8) is 0 Å². The second kappa shape index (κ2) is 11.8. The molecule has 0 saturated carbocycles. The third-order valence-corrected chi connectivity index (χ3v) is 4.31. The number of nitrogens with zero attached hydrogens (tertiary/aromatic N) is 1. The summed E-state index contributed by atoms with van der Waals surface area (Å²) in [7, 11) is 1.68. The number of amides is 1. The molecule has 0 saturated heterocycles. The van der Waals surface area contributed by atoms with Crippen LogP contribution in [-0.4, -0.2) is 38.0 Å². The van der Waals surface area contributed by atoms with E-state index in [0.717, 1.165) is 17.3 Å². The molecule has 5 nitrogen and oxygen atoms in total. The summed E-state index contributed by atoms with van der Waals surface area (Å²) in [5.41, 5.74) is 0.703. The molecule has 0 bridgehead atoms. The first kappa shape index (κ1) is 21.4. The van der Waals surface area contributed by atoms with Crippen molar-refractivity contribution in [1.82, 2.24) is 16.0 Å².